The first kappa shape index (κ1) is 21.3. The van der Waals surface area contributed by atoms with Gasteiger partial charge in [-0.05, 0) is 80.0 Å². The second kappa shape index (κ2) is 9.50. The second-order valence-electron chi connectivity index (χ2n) is 7.66. The second-order valence-corrected chi connectivity index (χ2v) is 8.48. The van der Waals surface area contributed by atoms with Crippen molar-refractivity contribution in [3.63, 3.8) is 0 Å². The topological polar surface area (TPSA) is 44.0 Å². The Morgan fingerprint density at radius 2 is 1.90 bits per heavy atom. The zero-order valence-electron chi connectivity index (χ0n) is 17.7. The summed E-state index contributed by atoms with van der Waals surface area (Å²) in [6.45, 7) is 5.58. The standard InChI is InChI=1S/C25H25ClN4S/c1-17-7-3-4-9-23(17)29-25(31)30(16-20-8-5-6-13-27-20)14-12-21-18(2)28-24-11-10-19(26)15-22(21)24/h3-11,13,15,28H,12,14,16H2,1-2H3,(H,29,31). The molecule has 2 N–H and O–H groups in total. The molecule has 6 heteroatoms. The van der Waals surface area contributed by atoms with Crippen LogP contribution in [0.3, 0.4) is 0 Å². The number of anilines is 1. The Balaban J connectivity index is 1.57. The van der Waals surface area contributed by atoms with Gasteiger partial charge in [-0.1, -0.05) is 35.9 Å². The third-order valence-electron chi connectivity index (χ3n) is 5.47. The number of fused-ring (bicyclic) bond motifs is 1. The number of pyridine rings is 1. The monoisotopic (exact) mass is 448 g/mol. The Bertz CT molecular complexity index is 1200. The van der Waals surface area contributed by atoms with Gasteiger partial charge in [0.2, 0.25) is 0 Å². The molecule has 31 heavy (non-hydrogen) atoms. The number of rotatable bonds is 6. The van der Waals surface area contributed by atoms with Gasteiger partial charge in [-0.25, -0.2) is 0 Å². The molecule has 4 aromatic rings. The molecule has 2 aromatic heterocycles. The Hall–Kier alpha value is -2.89. The van der Waals surface area contributed by atoms with Crippen molar-refractivity contribution in [2.45, 2.75) is 26.8 Å². The fraction of sp³-hybridized carbons (Fsp3) is 0.200. The molecule has 2 aromatic carbocycles. The maximum Gasteiger partial charge on any atom is 0.173 e. The molecule has 0 amide bonds. The van der Waals surface area contributed by atoms with Crippen LogP contribution in [0.15, 0.2) is 66.9 Å². The molecule has 2 heterocycles. The van der Waals surface area contributed by atoms with Crippen molar-refractivity contribution < 1.29 is 0 Å². The van der Waals surface area contributed by atoms with E-state index in [0.29, 0.717) is 11.7 Å². The van der Waals surface area contributed by atoms with Gasteiger partial charge in [-0.15, -0.1) is 0 Å². The van der Waals surface area contributed by atoms with Crippen LogP contribution in [0, 0.1) is 13.8 Å². The molecule has 4 rings (SSSR count). The van der Waals surface area contributed by atoms with Crippen molar-refractivity contribution in [3.05, 3.63) is 94.4 Å². The van der Waals surface area contributed by atoms with Gasteiger partial charge in [0, 0.05) is 40.0 Å². The molecule has 0 saturated heterocycles. The number of H-pyrrole nitrogens is 1. The molecule has 0 bridgehead atoms. The molecule has 0 fully saturated rings. The Morgan fingerprint density at radius 3 is 2.68 bits per heavy atom. The number of halogens is 1. The lowest BCUT2D eigenvalue weighted by atomic mass is 10.1. The molecule has 4 nitrogen and oxygen atoms in total. The van der Waals surface area contributed by atoms with Crippen LogP contribution in [0.2, 0.25) is 5.02 Å². The van der Waals surface area contributed by atoms with E-state index in [1.54, 1.807) is 0 Å². The van der Waals surface area contributed by atoms with Crippen LogP contribution in [-0.2, 0) is 13.0 Å². The summed E-state index contributed by atoms with van der Waals surface area (Å²) >= 11 is 12.1. The third-order valence-corrected chi connectivity index (χ3v) is 6.06. The van der Waals surface area contributed by atoms with E-state index in [-0.39, 0.29) is 0 Å². The van der Waals surface area contributed by atoms with Crippen LogP contribution in [0.25, 0.3) is 10.9 Å². The van der Waals surface area contributed by atoms with Crippen LogP contribution >= 0.6 is 23.8 Å². The molecule has 0 aliphatic rings. The number of thiocarbonyl (C=S) groups is 1. The van der Waals surface area contributed by atoms with E-state index in [4.69, 9.17) is 23.8 Å². The normalized spacial score (nSPS) is 10.9. The van der Waals surface area contributed by atoms with Crippen LogP contribution in [-0.4, -0.2) is 26.5 Å². The number of nitrogens with one attached hydrogen (secondary N) is 2. The molecular formula is C25H25ClN4S. The lowest BCUT2D eigenvalue weighted by molar-refractivity contribution is 0.417. The minimum Gasteiger partial charge on any atom is -0.358 e. The Kier molecular flexibility index (Phi) is 6.54. The smallest absolute Gasteiger partial charge is 0.173 e. The molecule has 0 unspecified atom stereocenters. The van der Waals surface area contributed by atoms with Crippen molar-refractivity contribution in [1.29, 1.82) is 0 Å². The molecule has 0 aliphatic carbocycles. The fourth-order valence-corrected chi connectivity index (χ4v) is 4.21. The highest BCUT2D eigenvalue weighted by atomic mass is 35.5. The van der Waals surface area contributed by atoms with Gasteiger partial charge in [0.05, 0.1) is 12.2 Å². The zero-order valence-corrected chi connectivity index (χ0v) is 19.2. The fourth-order valence-electron chi connectivity index (χ4n) is 3.77. The van der Waals surface area contributed by atoms with E-state index in [2.05, 4.69) is 40.1 Å². The number of hydrogen-bond acceptors (Lipinski definition) is 2. The van der Waals surface area contributed by atoms with Crippen molar-refractivity contribution in [3.8, 4) is 0 Å². The van der Waals surface area contributed by atoms with E-state index in [0.717, 1.165) is 46.1 Å². The molecular weight excluding hydrogens is 424 g/mol. The van der Waals surface area contributed by atoms with Crippen molar-refractivity contribution in [2.24, 2.45) is 0 Å². The third kappa shape index (κ3) is 5.06. The number of aromatic nitrogens is 2. The average molecular weight is 449 g/mol. The Morgan fingerprint density at radius 1 is 1.10 bits per heavy atom. The minimum absolute atomic E-state index is 0.640. The van der Waals surface area contributed by atoms with Gasteiger partial charge in [-0.2, -0.15) is 0 Å². The maximum absolute atomic E-state index is 6.26. The minimum atomic E-state index is 0.640. The molecule has 0 radical (unpaired) electrons. The number of nitrogens with zero attached hydrogens (tertiary/aromatic N) is 2. The molecule has 0 atom stereocenters. The number of aryl methyl sites for hydroxylation is 2. The summed E-state index contributed by atoms with van der Waals surface area (Å²) < 4.78 is 0. The van der Waals surface area contributed by atoms with Crippen molar-refractivity contribution in [2.75, 3.05) is 11.9 Å². The SMILES string of the molecule is Cc1ccccc1NC(=S)N(CCc1c(C)[nH]c2ccc(Cl)cc12)Cc1ccccn1. The predicted octanol–water partition coefficient (Wildman–Crippen LogP) is 6.27. The first-order valence-electron chi connectivity index (χ1n) is 10.3. The number of benzene rings is 2. The molecule has 158 valence electrons. The summed E-state index contributed by atoms with van der Waals surface area (Å²) in [7, 11) is 0. The first-order chi connectivity index (χ1) is 15.0. The summed E-state index contributed by atoms with van der Waals surface area (Å²) in [5, 5.41) is 6.02. The number of aromatic amines is 1. The van der Waals surface area contributed by atoms with Gasteiger partial charge < -0.3 is 15.2 Å². The van der Waals surface area contributed by atoms with E-state index in [1.165, 1.54) is 10.9 Å². The number of hydrogen-bond donors (Lipinski definition) is 2. The molecule has 0 spiro atoms. The van der Waals surface area contributed by atoms with Crippen molar-refractivity contribution in [1.82, 2.24) is 14.9 Å². The highest BCUT2D eigenvalue weighted by Crippen LogP contribution is 2.26. The zero-order chi connectivity index (χ0) is 21.8. The van der Waals surface area contributed by atoms with Crippen LogP contribution in [0.4, 0.5) is 5.69 Å². The summed E-state index contributed by atoms with van der Waals surface area (Å²) in [5.74, 6) is 0. The van der Waals surface area contributed by atoms with E-state index >= 15 is 0 Å². The van der Waals surface area contributed by atoms with Crippen molar-refractivity contribution >= 4 is 45.5 Å². The van der Waals surface area contributed by atoms with Gasteiger partial charge in [-0.3, -0.25) is 4.98 Å². The van der Waals surface area contributed by atoms with Crippen LogP contribution < -0.4 is 5.32 Å². The highest BCUT2D eigenvalue weighted by Gasteiger charge is 2.15. The summed E-state index contributed by atoms with van der Waals surface area (Å²) in [6, 6.07) is 20.1. The summed E-state index contributed by atoms with van der Waals surface area (Å²) in [4.78, 5) is 10.1. The molecule has 0 aliphatic heterocycles. The largest absolute Gasteiger partial charge is 0.358 e. The summed E-state index contributed by atoms with van der Waals surface area (Å²) in [5.41, 5.74) is 6.69. The number of para-hydroxylation sites is 1. The summed E-state index contributed by atoms with van der Waals surface area (Å²) in [6.07, 6.45) is 2.66. The lowest BCUT2D eigenvalue weighted by Crippen LogP contribution is -2.36. The molecule has 0 saturated carbocycles. The highest BCUT2D eigenvalue weighted by molar-refractivity contribution is 7.80. The van der Waals surface area contributed by atoms with E-state index < -0.39 is 0 Å². The first-order valence-corrected chi connectivity index (χ1v) is 11.1. The maximum atomic E-state index is 6.26. The van der Waals surface area contributed by atoms with Gasteiger partial charge in [0.1, 0.15) is 0 Å². The average Bonchev–Trinajstić information content (AvgIpc) is 3.07. The van der Waals surface area contributed by atoms with Gasteiger partial charge in [0.15, 0.2) is 5.11 Å². The lowest BCUT2D eigenvalue weighted by Gasteiger charge is -2.26. The van der Waals surface area contributed by atoms with Crippen LogP contribution in [0.1, 0.15) is 22.5 Å². The van der Waals surface area contributed by atoms with E-state index in [1.807, 2.05) is 60.8 Å². The predicted molar refractivity (Wildman–Crippen MR) is 134 cm³/mol. The van der Waals surface area contributed by atoms with E-state index in [9.17, 15) is 0 Å². The van der Waals surface area contributed by atoms with Gasteiger partial charge >= 0.3 is 0 Å². The quantitative estimate of drug-likeness (QED) is 0.341. The van der Waals surface area contributed by atoms with Gasteiger partial charge in [0.25, 0.3) is 0 Å². The van der Waals surface area contributed by atoms with Crippen LogP contribution in [0.5, 0.6) is 0 Å². The Labute approximate surface area is 193 Å².